The minimum atomic E-state index is -0.460. The Morgan fingerprint density at radius 2 is 1.27 bits per heavy atom. The number of piperidine rings is 1. The summed E-state index contributed by atoms with van der Waals surface area (Å²) in [6.07, 6.45) is 6.12. The van der Waals surface area contributed by atoms with Crippen molar-refractivity contribution < 1.29 is 9.53 Å². The molecule has 11 heteroatoms. The molecule has 2 aliphatic rings. The van der Waals surface area contributed by atoms with E-state index in [9.17, 15) is 4.79 Å². The Morgan fingerprint density at radius 1 is 0.750 bits per heavy atom. The fourth-order valence-corrected chi connectivity index (χ4v) is 6.46. The van der Waals surface area contributed by atoms with Crippen LogP contribution in [0.1, 0.15) is 60.8 Å². The van der Waals surface area contributed by atoms with Gasteiger partial charge in [0.05, 0.1) is 11.0 Å². The molecule has 2 aliphatic heterocycles. The number of benzene rings is 2. The summed E-state index contributed by atoms with van der Waals surface area (Å²) in [6.45, 7) is 19.3. The van der Waals surface area contributed by atoms with Gasteiger partial charge in [-0.15, -0.1) is 0 Å². The summed E-state index contributed by atoms with van der Waals surface area (Å²) >= 11 is 0. The van der Waals surface area contributed by atoms with Crippen LogP contribution in [0.25, 0.3) is 21.8 Å². The molecule has 0 unspecified atom stereocenters. The average Bonchev–Trinajstić information content (AvgIpc) is 3.06. The number of nitrogens with one attached hydrogen (secondary N) is 2. The molecule has 0 saturated carbocycles. The third-order valence-electron chi connectivity index (χ3n) is 9.15. The van der Waals surface area contributed by atoms with E-state index in [0.717, 1.165) is 105 Å². The number of fused-ring (bicyclic) bond motifs is 2. The number of likely N-dealkylation sites (tertiary alicyclic amines) is 1. The molecule has 1 amide bonds. The fourth-order valence-electron chi connectivity index (χ4n) is 6.46. The molecule has 0 spiro atoms. The molecule has 0 aliphatic carbocycles. The van der Waals surface area contributed by atoms with Crippen molar-refractivity contribution in [2.75, 3.05) is 72.8 Å². The second kappa shape index (κ2) is 14.0. The lowest BCUT2D eigenvalue weighted by Gasteiger charge is -2.37. The third kappa shape index (κ3) is 8.35. The molecule has 256 valence electrons. The van der Waals surface area contributed by atoms with Gasteiger partial charge in [0.25, 0.3) is 0 Å². The maximum atomic E-state index is 12.4. The quantitative estimate of drug-likeness (QED) is 0.210. The predicted octanol–water partition coefficient (Wildman–Crippen LogP) is 6.81. The van der Waals surface area contributed by atoms with E-state index in [1.54, 1.807) is 12.7 Å². The van der Waals surface area contributed by atoms with Crippen LogP contribution in [0.5, 0.6) is 0 Å². The Kier molecular flexibility index (Phi) is 9.75. The zero-order valence-electron chi connectivity index (χ0n) is 29.4. The highest BCUT2D eigenvalue weighted by Gasteiger charge is 2.27. The third-order valence-corrected chi connectivity index (χ3v) is 9.15. The lowest BCUT2D eigenvalue weighted by molar-refractivity contribution is 0.0182. The van der Waals surface area contributed by atoms with Gasteiger partial charge in [-0.2, -0.15) is 0 Å². The number of piperazine rings is 1. The van der Waals surface area contributed by atoms with Crippen molar-refractivity contribution in [2.45, 2.75) is 66.4 Å². The van der Waals surface area contributed by atoms with Gasteiger partial charge in [-0.25, -0.2) is 24.7 Å². The van der Waals surface area contributed by atoms with Crippen LogP contribution < -0.4 is 20.4 Å². The largest absolute Gasteiger partial charge is 0.444 e. The van der Waals surface area contributed by atoms with Crippen molar-refractivity contribution in [3.8, 4) is 0 Å². The number of hydrogen-bond donors (Lipinski definition) is 2. The summed E-state index contributed by atoms with van der Waals surface area (Å²) in [5.74, 6) is 2.34. The van der Waals surface area contributed by atoms with Crippen molar-refractivity contribution in [1.29, 1.82) is 0 Å². The van der Waals surface area contributed by atoms with Crippen LogP contribution >= 0.6 is 0 Å². The molecule has 2 fully saturated rings. The first kappa shape index (κ1) is 33.5. The van der Waals surface area contributed by atoms with Gasteiger partial charge < -0.3 is 30.1 Å². The highest BCUT2D eigenvalue weighted by Crippen LogP contribution is 2.30. The number of anilines is 4. The van der Waals surface area contributed by atoms with Crippen molar-refractivity contribution >= 4 is 50.9 Å². The lowest BCUT2D eigenvalue weighted by Crippen LogP contribution is -2.46. The minimum absolute atomic E-state index is 0.167. The van der Waals surface area contributed by atoms with E-state index in [4.69, 9.17) is 4.74 Å². The first-order chi connectivity index (χ1) is 22.9. The second-order valence-electron chi connectivity index (χ2n) is 15.4. The first-order valence-electron chi connectivity index (χ1n) is 17.4. The minimum Gasteiger partial charge on any atom is -0.444 e. The standard InChI is InChI=1S/C37H51N9O2/c1-36(2,3)23-39-34-30-10-8-28(22-32(30)41-25-43-34)45-19-17-44(18-20-45)27-7-9-29-31(21-27)40-24-42-33(29)38-14-11-26-12-15-46(16-13-26)35(47)48-37(4,5)6/h7-10,21-22,24-26H,11-20,23H2,1-6H3,(H,38,40,42)(H,39,41,43). The number of carbonyl (C=O) groups is 1. The number of rotatable bonds is 8. The highest BCUT2D eigenvalue weighted by atomic mass is 16.6. The van der Waals surface area contributed by atoms with Crippen molar-refractivity contribution in [3.63, 3.8) is 0 Å². The molecule has 48 heavy (non-hydrogen) atoms. The van der Waals surface area contributed by atoms with Crippen LogP contribution in [0.3, 0.4) is 0 Å². The van der Waals surface area contributed by atoms with Gasteiger partial charge in [0.2, 0.25) is 0 Å². The van der Waals surface area contributed by atoms with Crippen LogP contribution in [0, 0.1) is 11.3 Å². The number of aromatic nitrogens is 4. The van der Waals surface area contributed by atoms with Crippen molar-refractivity contribution in [3.05, 3.63) is 49.1 Å². The molecule has 2 N–H and O–H groups in total. The lowest BCUT2D eigenvalue weighted by atomic mass is 9.94. The Hall–Kier alpha value is -4.41. The predicted molar refractivity (Wildman–Crippen MR) is 195 cm³/mol. The van der Waals surface area contributed by atoms with E-state index in [-0.39, 0.29) is 11.5 Å². The zero-order valence-corrected chi connectivity index (χ0v) is 29.4. The summed E-state index contributed by atoms with van der Waals surface area (Å²) in [7, 11) is 0. The maximum absolute atomic E-state index is 12.4. The van der Waals surface area contributed by atoms with Gasteiger partial charge in [-0.1, -0.05) is 20.8 Å². The van der Waals surface area contributed by atoms with E-state index < -0.39 is 5.60 Å². The van der Waals surface area contributed by atoms with Crippen LogP contribution in [-0.4, -0.2) is 88.9 Å². The Bertz CT molecular complexity index is 1720. The molecule has 4 aromatic rings. The fraction of sp³-hybridized carbons (Fsp3) is 0.541. The molecule has 2 aromatic heterocycles. The number of amides is 1. The van der Waals surface area contributed by atoms with Gasteiger partial charge in [-0.05, 0) is 87.8 Å². The van der Waals surface area contributed by atoms with E-state index in [2.05, 4.69) is 97.5 Å². The Labute approximate surface area is 284 Å². The van der Waals surface area contributed by atoms with Crippen molar-refractivity contribution in [2.24, 2.45) is 11.3 Å². The Balaban J connectivity index is 1.01. The van der Waals surface area contributed by atoms with Crippen LogP contribution in [0.15, 0.2) is 49.1 Å². The summed E-state index contributed by atoms with van der Waals surface area (Å²) in [5.41, 5.74) is 3.99. The molecular weight excluding hydrogens is 602 g/mol. The Morgan fingerprint density at radius 3 is 1.77 bits per heavy atom. The molecule has 4 heterocycles. The number of ether oxygens (including phenoxy) is 1. The number of nitrogens with zero attached hydrogens (tertiary/aromatic N) is 7. The van der Waals surface area contributed by atoms with Crippen LogP contribution in [0.4, 0.5) is 27.8 Å². The number of hydrogen-bond acceptors (Lipinski definition) is 10. The van der Waals surface area contributed by atoms with Crippen LogP contribution in [0.2, 0.25) is 0 Å². The van der Waals surface area contributed by atoms with Crippen molar-refractivity contribution in [1.82, 2.24) is 24.8 Å². The van der Waals surface area contributed by atoms with Gasteiger partial charge in [0.1, 0.15) is 29.9 Å². The normalized spacial score (nSPS) is 16.4. The average molecular weight is 654 g/mol. The summed E-state index contributed by atoms with van der Waals surface area (Å²) < 4.78 is 5.54. The molecular formula is C37H51N9O2. The second-order valence-corrected chi connectivity index (χ2v) is 15.4. The molecule has 0 atom stereocenters. The molecule has 6 rings (SSSR count). The van der Waals surface area contributed by atoms with E-state index in [0.29, 0.717) is 5.92 Å². The van der Waals surface area contributed by atoms with E-state index in [1.807, 2.05) is 25.7 Å². The number of carbonyl (C=O) groups excluding carboxylic acids is 1. The maximum Gasteiger partial charge on any atom is 0.410 e. The molecule has 2 aromatic carbocycles. The topological polar surface area (TPSA) is 112 Å². The summed E-state index contributed by atoms with van der Waals surface area (Å²) in [6, 6.07) is 13.0. The molecule has 11 nitrogen and oxygen atoms in total. The van der Waals surface area contributed by atoms with E-state index in [1.165, 1.54) is 11.4 Å². The van der Waals surface area contributed by atoms with Gasteiger partial charge in [-0.3, -0.25) is 0 Å². The molecule has 0 radical (unpaired) electrons. The molecule has 0 bridgehead atoms. The molecule has 2 saturated heterocycles. The SMILES string of the molecule is CC(C)(C)CNc1ncnc2cc(N3CCN(c4ccc5c(NCCC6CCN(C(=O)OC(C)(C)C)CC6)ncnc5c4)CC3)ccc12. The van der Waals surface area contributed by atoms with Crippen LogP contribution in [-0.2, 0) is 4.74 Å². The summed E-state index contributed by atoms with van der Waals surface area (Å²) in [4.78, 5) is 37.4. The summed E-state index contributed by atoms with van der Waals surface area (Å²) in [5, 5.41) is 9.15. The van der Waals surface area contributed by atoms with E-state index >= 15 is 0 Å². The zero-order chi connectivity index (χ0) is 33.9. The smallest absolute Gasteiger partial charge is 0.410 e. The van der Waals surface area contributed by atoms with Gasteiger partial charge in [0, 0.05) is 74.5 Å². The van der Waals surface area contributed by atoms with Gasteiger partial charge >= 0.3 is 6.09 Å². The first-order valence-corrected chi connectivity index (χ1v) is 17.4. The monoisotopic (exact) mass is 653 g/mol. The van der Waals surface area contributed by atoms with Gasteiger partial charge in [0.15, 0.2) is 0 Å². The highest BCUT2D eigenvalue weighted by molar-refractivity contribution is 5.92.